The third-order valence-electron chi connectivity index (χ3n) is 3.69. The zero-order chi connectivity index (χ0) is 16.9. The highest BCUT2D eigenvalue weighted by molar-refractivity contribution is 8.13. The maximum absolute atomic E-state index is 9.79. The fourth-order valence-electron chi connectivity index (χ4n) is 2.70. The number of nitriles is 1. The van der Waals surface area contributed by atoms with Crippen LogP contribution in [0.1, 0.15) is 25.0 Å². The molecule has 1 aromatic rings. The van der Waals surface area contributed by atoms with Crippen molar-refractivity contribution < 1.29 is 9.47 Å². The molecule has 0 saturated carbocycles. The fraction of sp³-hybridized carbons (Fsp3) is 0.500. The van der Waals surface area contributed by atoms with Gasteiger partial charge in [-0.2, -0.15) is 5.26 Å². The number of fused-ring (bicyclic) bond motifs is 1. The summed E-state index contributed by atoms with van der Waals surface area (Å²) in [5, 5.41) is 20.5. The van der Waals surface area contributed by atoms with Gasteiger partial charge in [0.2, 0.25) is 0 Å². The minimum Gasteiger partial charge on any atom is -0.490 e. The Balaban J connectivity index is 2.48. The van der Waals surface area contributed by atoms with Gasteiger partial charge in [-0.15, -0.1) is 0 Å². The number of thioether (sulfide) groups is 1. The SMILES string of the molecule is CCOc1cc2c(cc1OCC)C(C#N)(CSC(=N)N)NCC2. The van der Waals surface area contributed by atoms with Crippen LogP contribution in [-0.4, -0.2) is 30.7 Å². The molecule has 0 radical (unpaired) electrons. The molecular formula is C16H22N4O2S. The Bertz CT molecular complexity index is 629. The molecule has 6 nitrogen and oxygen atoms in total. The summed E-state index contributed by atoms with van der Waals surface area (Å²) < 4.78 is 11.4. The van der Waals surface area contributed by atoms with E-state index < -0.39 is 5.54 Å². The standard InChI is InChI=1S/C16H22N4O2S/c1-3-21-13-7-11-5-6-20-16(9-17,10-23-15(18)19)12(11)8-14(13)22-4-2/h7-8,20H,3-6,10H2,1-2H3,(H3,18,19). The van der Waals surface area contributed by atoms with E-state index in [2.05, 4.69) is 11.4 Å². The molecule has 0 fully saturated rings. The summed E-state index contributed by atoms with van der Waals surface area (Å²) in [6.45, 7) is 5.61. The molecule has 7 heteroatoms. The Morgan fingerprint density at radius 3 is 2.61 bits per heavy atom. The van der Waals surface area contributed by atoms with E-state index in [4.69, 9.17) is 20.6 Å². The van der Waals surface area contributed by atoms with Crippen molar-refractivity contribution in [2.75, 3.05) is 25.5 Å². The largest absolute Gasteiger partial charge is 0.490 e. The number of nitrogens with zero attached hydrogens (tertiary/aromatic N) is 1. The van der Waals surface area contributed by atoms with E-state index in [-0.39, 0.29) is 5.17 Å². The second-order valence-electron chi connectivity index (χ2n) is 5.17. The molecule has 23 heavy (non-hydrogen) atoms. The Morgan fingerprint density at radius 1 is 1.39 bits per heavy atom. The van der Waals surface area contributed by atoms with Gasteiger partial charge in [-0.3, -0.25) is 10.7 Å². The Morgan fingerprint density at radius 2 is 2.04 bits per heavy atom. The lowest BCUT2D eigenvalue weighted by atomic mass is 9.84. The van der Waals surface area contributed by atoms with Crippen molar-refractivity contribution in [2.45, 2.75) is 25.8 Å². The molecule has 1 unspecified atom stereocenters. The van der Waals surface area contributed by atoms with Crippen molar-refractivity contribution in [1.29, 1.82) is 10.7 Å². The van der Waals surface area contributed by atoms with Crippen molar-refractivity contribution in [3.05, 3.63) is 23.3 Å². The van der Waals surface area contributed by atoms with Gasteiger partial charge >= 0.3 is 0 Å². The van der Waals surface area contributed by atoms with Crippen LogP contribution in [0.5, 0.6) is 11.5 Å². The third-order valence-corrected chi connectivity index (χ3v) is 4.57. The normalized spacial score (nSPS) is 19.5. The van der Waals surface area contributed by atoms with Gasteiger partial charge in [0.25, 0.3) is 0 Å². The van der Waals surface area contributed by atoms with Crippen LogP contribution in [0, 0.1) is 16.7 Å². The summed E-state index contributed by atoms with van der Waals surface area (Å²) in [6.07, 6.45) is 0.815. The molecule has 1 atom stereocenters. The van der Waals surface area contributed by atoms with E-state index in [0.29, 0.717) is 37.0 Å². The Hall–Kier alpha value is -1.91. The van der Waals surface area contributed by atoms with Gasteiger partial charge in [-0.25, -0.2) is 0 Å². The number of benzene rings is 1. The summed E-state index contributed by atoms with van der Waals surface area (Å²) >= 11 is 1.16. The second-order valence-corrected chi connectivity index (χ2v) is 6.19. The predicted molar refractivity (Wildman–Crippen MR) is 92.1 cm³/mol. The van der Waals surface area contributed by atoms with Gasteiger partial charge < -0.3 is 15.2 Å². The van der Waals surface area contributed by atoms with Crippen molar-refractivity contribution >= 4 is 16.9 Å². The summed E-state index contributed by atoms with van der Waals surface area (Å²) in [4.78, 5) is 0. The summed E-state index contributed by atoms with van der Waals surface area (Å²) in [5.41, 5.74) is 6.53. The number of nitrogens with two attached hydrogens (primary N) is 1. The molecule has 0 spiro atoms. The highest BCUT2D eigenvalue weighted by atomic mass is 32.2. The maximum atomic E-state index is 9.79. The monoisotopic (exact) mass is 334 g/mol. The van der Waals surface area contributed by atoms with Crippen molar-refractivity contribution in [3.8, 4) is 17.6 Å². The van der Waals surface area contributed by atoms with E-state index in [1.165, 1.54) is 0 Å². The average Bonchev–Trinajstić information content (AvgIpc) is 2.54. The first-order chi connectivity index (χ1) is 11.1. The molecule has 2 rings (SSSR count). The molecule has 1 aliphatic rings. The lowest BCUT2D eigenvalue weighted by Gasteiger charge is -2.35. The van der Waals surface area contributed by atoms with Crippen LogP contribution in [-0.2, 0) is 12.0 Å². The molecule has 4 N–H and O–H groups in total. The van der Waals surface area contributed by atoms with Gasteiger partial charge in [0, 0.05) is 12.3 Å². The molecule has 0 bridgehead atoms. The minimum atomic E-state index is -0.874. The lowest BCUT2D eigenvalue weighted by Crippen LogP contribution is -2.48. The molecular weight excluding hydrogens is 312 g/mol. The maximum Gasteiger partial charge on any atom is 0.161 e. The predicted octanol–water partition coefficient (Wildman–Crippen LogP) is 1.98. The topological polar surface area (TPSA) is 104 Å². The van der Waals surface area contributed by atoms with E-state index in [1.807, 2.05) is 26.0 Å². The van der Waals surface area contributed by atoms with Gasteiger partial charge in [0.1, 0.15) is 5.54 Å². The molecule has 0 aromatic heterocycles. The first kappa shape index (κ1) is 17.4. The molecule has 0 amide bonds. The van der Waals surface area contributed by atoms with Crippen LogP contribution < -0.4 is 20.5 Å². The van der Waals surface area contributed by atoms with Crippen LogP contribution in [0.2, 0.25) is 0 Å². The van der Waals surface area contributed by atoms with Gasteiger partial charge in [0.15, 0.2) is 16.7 Å². The highest BCUT2D eigenvalue weighted by Crippen LogP contribution is 2.39. The highest BCUT2D eigenvalue weighted by Gasteiger charge is 2.38. The van der Waals surface area contributed by atoms with E-state index in [1.54, 1.807) is 0 Å². The molecule has 1 heterocycles. The Labute approximate surface area is 140 Å². The number of ether oxygens (including phenoxy) is 2. The minimum absolute atomic E-state index is 0.00418. The summed E-state index contributed by atoms with van der Waals surface area (Å²) in [5.74, 6) is 1.73. The Kier molecular flexibility index (Phi) is 5.74. The van der Waals surface area contributed by atoms with Crippen molar-refractivity contribution in [1.82, 2.24) is 5.32 Å². The number of amidine groups is 1. The fourth-order valence-corrected chi connectivity index (χ4v) is 3.39. The van der Waals surface area contributed by atoms with Crippen LogP contribution >= 0.6 is 11.8 Å². The first-order valence-corrected chi connectivity index (χ1v) is 8.61. The zero-order valence-corrected chi connectivity index (χ0v) is 14.3. The van der Waals surface area contributed by atoms with Crippen LogP contribution in [0.15, 0.2) is 12.1 Å². The number of nitrogens with one attached hydrogen (secondary N) is 2. The summed E-state index contributed by atoms with van der Waals surface area (Å²) in [6, 6.07) is 6.23. The molecule has 1 aromatic carbocycles. The van der Waals surface area contributed by atoms with Gasteiger partial charge in [0.05, 0.1) is 19.3 Å². The molecule has 1 aliphatic heterocycles. The van der Waals surface area contributed by atoms with Crippen molar-refractivity contribution in [3.63, 3.8) is 0 Å². The molecule has 0 saturated heterocycles. The number of hydrogen-bond donors (Lipinski definition) is 3. The van der Waals surface area contributed by atoms with Crippen LogP contribution in [0.4, 0.5) is 0 Å². The average molecular weight is 334 g/mol. The third kappa shape index (κ3) is 3.71. The first-order valence-electron chi connectivity index (χ1n) is 7.62. The smallest absolute Gasteiger partial charge is 0.161 e. The van der Waals surface area contributed by atoms with E-state index >= 15 is 0 Å². The van der Waals surface area contributed by atoms with Crippen LogP contribution in [0.25, 0.3) is 0 Å². The van der Waals surface area contributed by atoms with Gasteiger partial charge in [-0.05, 0) is 43.5 Å². The summed E-state index contributed by atoms with van der Waals surface area (Å²) in [7, 11) is 0. The quantitative estimate of drug-likeness (QED) is 0.543. The van der Waals surface area contributed by atoms with E-state index in [9.17, 15) is 5.26 Å². The molecule has 0 aliphatic carbocycles. The van der Waals surface area contributed by atoms with Gasteiger partial charge in [-0.1, -0.05) is 11.8 Å². The number of hydrogen-bond acceptors (Lipinski definition) is 6. The lowest BCUT2D eigenvalue weighted by molar-refractivity contribution is 0.285. The van der Waals surface area contributed by atoms with Crippen LogP contribution in [0.3, 0.4) is 0 Å². The number of rotatable bonds is 6. The van der Waals surface area contributed by atoms with Crippen molar-refractivity contribution in [2.24, 2.45) is 5.73 Å². The molecule has 124 valence electrons. The zero-order valence-electron chi connectivity index (χ0n) is 13.4. The van der Waals surface area contributed by atoms with E-state index in [0.717, 1.165) is 29.3 Å². The second kappa shape index (κ2) is 7.57.